The van der Waals surface area contributed by atoms with Gasteiger partial charge in [-0.3, -0.25) is 0 Å². The average molecular weight is 248 g/mol. The van der Waals surface area contributed by atoms with Gasteiger partial charge in [0, 0.05) is 19.6 Å². The molecule has 18 heavy (non-hydrogen) atoms. The lowest BCUT2D eigenvalue weighted by Gasteiger charge is -2.34. The molecule has 2 rings (SSSR count). The molecule has 0 aromatic heterocycles. The van der Waals surface area contributed by atoms with Crippen LogP contribution in [0.1, 0.15) is 27.2 Å². The summed E-state index contributed by atoms with van der Waals surface area (Å²) in [6, 6.07) is 6.33. The van der Waals surface area contributed by atoms with Crippen molar-refractivity contribution in [3.05, 3.63) is 18.2 Å². The fourth-order valence-corrected chi connectivity index (χ4v) is 2.36. The van der Waals surface area contributed by atoms with E-state index in [-0.39, 0.29) is 0 Å². The molecule has 1 aliphatic rings. The first-order chi connectivity index (χ1) is 8.72. The minimum absolute atomic E-state index is 0.677. The Kier molecular flexibility index (Phi) is 4.34. The lowest BCUT2D eigenvalue weighted by atomic mass is 10.1. The molecular weight excluding hydrogens is 224 g/mol. The Bertz CT molecular complexity index is 390. The first-order valence-corrected chi connectivity index (χ1v) is 6.97. The van der Waals surface area contributed by atoms with E-state index in [0.717, 1.165) is 44.1 Å². The van der Waals surface area contributed by atoms with Crippen LogP contribution >= 0.6 is 0 Å². The van der Waals surface area contributed by atoms with Crippen molar-refractivity contribution in [1.82, 2.24) is 0 Å². The molecule has 1 aliphatic heterocycles. The van der Waals surface area contributed by atoms with Gasteiger partial charge in [0.2, 0.25) is 0 Å². The monoisotopic (exact) mass is 248 g/mol. The maximum absolute atomic E-state index is 5.82. The van der Waals surface area contributed by atoms with Gasteiger partial charge >= 0.3 is 0 Å². The minimum atomic E-state index is 0.677. The molecule has 3 nitrogen and oxygen atoms in total. The van der Waals surface area contributed by atoms with Crippen molar-refractivity contribution >= 4 is 11.4 Å². The number of hydrogen-bond acceptors (Lipinski definition) is 3. The van der Waals surface area contributed by atoms with E-state index in [1.54, 1.807) is 0 Å². The molecule has 1 heterocycles. The highest BCUT2D eigenvalue weighted by atomic mass is 16.5. The van der Waals surface area contributed by atoms with Crippen LogP contribution < -0.4 is 15.0 Å². The molecule has 1 N–H and O–H groups in total. The van der Waals surface area contributed by atoms with Gasteiger partial charge in [-0.1, -0.05) is 26.8 Å². The van der Waals surface area contributed by atoms with Crippen molar-refractivity contribution in [2.45, 2.75) is 27.2 Å². The summed E-state index contributed by atoms with van der Waals surface area (Å²) in [6.45, 7) is 10.6. The molecule has 3 heteroatoms. The molecule has 100 valence electrons. The highest BCUT2D eigenvalue weighted by Gasteiger charge is 2.20. The van der Waals surface area contributed by atoms with Gasteiger partial charge in [-0.2, -0.15) is 0 Å². The second kappa shape index (κ2) is 5.98. The Morgan fingerprint density at radius 1 is 1.39 bits per heavy atom. The van der Waals surface area contributed by atoms with E-state index >= 15 is 0 Å². The normalized spacial score (nSPS) is 14.3. The van der Waals surface area contributed by atoms with Crippen LogP contribution in [0.25, 0.3) is 0 Å². The SMILES string of the molecule is CCCOc1cccc2c1NCCN2CC(C)C. The van der Waals surface area contributed by atoms with E-state index in [4.69, 9.17) is 4.74 Å². The van der Waals surface area contributed by atoms with Crippen LogP contribution in [-0.2, 0) is 0 Å². The summed E-state index contributed by atoms with van der Waals surface area (Å²) in [4.78, 5) is 2.45. The standard InChI is InChI=1S/C15H24N2O/c1-4-10-18-14-7-5-6-13-15(14)16-8-9-17(13)11-12(2)3/h5-7,12,16H,4,8-11H2,1-3H3. The quantitative estimate of drug-likeness (QED) is 0.864. The molecule has 0 saturated carbocycles. The number of nitrogens with zero attached hydrogens (tertiary/aromatic N) is 1. The van der Waals surface area contributed by atoms with Gasteiger partial charge in [-0.15, -0.1) is 0 Å². The average Bonchev–Trinajstić information content (AvgIpc) is 2.36. The highest BCUT2D eigenvalue weighted by molar-refractivity contribution is 5.78. The third kappa shape index (κ3) is 2.89. The zero-order chi connectivity index (χ0) is 13.0. The fraction of sp³-hybridized carbons (Fsp3) is 0.600. The zero-order valence-electron chi connectivity index (χ0n) is 11.7. The Morgan fingerprint density at radius 2 is 2.22 bits per heavy atom. The predicted molar refractivity (Wildman–Crippen MR) is 77.8 cm³/mol. The smallest absolute Gasteiger partial charge is 0.144 e. The van der Waals surface area contributed by atoms with Crippen molar-refractivity contribution in [2.75, 3.05) is 36.5 Å². The lowest BCUT2D eigenvalue weighted by Crippen LogP contribution is -2.36. The molecule has 1 aromatic carbocycles. The molecule has 0 saturated heterocycles. The van der Waals surface area contributed by atoms with Crippen molar-refractivity contribution in [3.63, 3.8) is 0 Å². The van der Waals surface area contributed by atoms with Crippen LogP contribution in [0.2, 0.25) is 0 Å². The van der Waals surface area contributed by atoms with Gasteiger partial charge in [0.05, 0.1) is 12.3 Å². The molecule has 0 amide bonds. The maximum Gasteiger partial charge on any atom is 0.144 e. The fourth-order valence-electron chi connectivity index (χ4n) is 2.36. The Hall–Kier alpha value is -1.38. The van der Waals surface area contributed by atoms with Gasteiger partial charge in [0.25, 0.3) is 0 Å². The van der Waals surface area contributed by atoms with E-state index in [1.165, 1.54) is 5.69 Å². The maximum atomic E-state index is 5.82. The largest absolute Gasteiger partial charge is 0.491 e. The number of nitrogens with one attached hydrogen (secondary N) is 1. The van der Waals surface area contributed by atoms with E-state index in [0.29, 0.717) is 5.92 Å². The van der Waals surface area contributed by atoms with Gasteiger partial charge in [0.1, 0.15) is 11.4 Å². The highest BCUT2D eigenvalue weighted by Crippen LogP contribution is 2.37. The van der Waals surface area contributed by atoms with Crippen molar-refractivity contribution in [1.29, 1.82) is 0 Å². The van der Waals surface area contributed by atoms with Gasteiger partial charge in [0.15, 0.2) is 0 Å². The molecule has 0 radical (unpaired) electrons. The van der Waals surface area contributed by atoms with E-state index in [1.807, 2.05) is 0 Å². The van der Waals surface area contributed by atoms with Crippen molar-refractivity contribution in [2.24, 2.45) is 5.92 Å². The number of fused-ring (bicyclic) bond motifs is 1. The van der Waals surface area contributed by atoms with E-state index < -0.39 is 0 Å². The van der Waals surface area contributed by atoms with E-state index in [2.05, 4.69) is 49.2 Å². The number of benzene rings is 1. The van der Waals surface area contributed by atoms with Crippen LogP contribution in [-0.4, -0.2) is 26.2 Å². The van der Waals surface area contributed by atoms with Gasteiger partial charge in [-0.05, 0) is 24.5 Å². The third-order valence-electron chi connectivity index (χ3n) is 3.08. The second-order valence-corrected chi connectivity index (χ2v) is 5.27. The molecule has 1 aromatic rings. The summed E-state index contributed by atoms with van der Waals surface area (Å²) < 4.78 is 5.82. The molecule has 0 bridgehead atoms. The van der Waals surface area contributed by atoms with Crippen LogP contribution in [0, 0.1) is 5.92 Å². The summed E-state index contributed by atoms with van der Waals surface area (Å²) in [5.74, 6) is 1.67. The molecule has 0 unspecified atom stereocenters. The number of rotatable bonds is 5. The Morgan fingerprint density at radius 3 is 2.94 bits per heavy atom. The number of ether oxygens (including phenoxy) is 1. The Labute approximate surface area is 110 Å². The third-order valence-corrected chi connectivity index (χ3v) is 3.08. The minimum Gasteiger partial charge on any atom is -0.491 e. The van der Waals surface area contributed by atoms with Crippen LogP contribution in [0.4, 0.5) is 11.4 Å². The van der Waals surface area contributed by atoms with Gasteiger partial charge < -0.3 is 15.0 Å². The lowest BCUT2D eigenvalue weighted by molar-refractivity contribution is 0.318. The molecule has 0 fully saturated rings. The summed E-state index contributed by atoms with van der Waals surface area (Å²) in [5, 5.41) is 3.48. The zero-order valence-corrected chi connectivity index (χ0v) is 11.7. The predicted octanol–water partition coefficient (Wildman–Crippen LogP) is 3.36. The molecular formula is C15H24N2O. The number of anilines is 2. The second-order valence-electron chi connectivity index (χ2n) is 5.27. The number of hydrogen-bond donors (Lipinski definition) is 1. The van der Waals surface area contributed by atoms with Crippen LogP contribution in [0.15, 0.2) is 18.2 Å². The van der Waals surface area contributed by atoms with Crippen LogP contribution in [0.3, 0.4) is 0 Å². The number of para-hydroxylation sites is 1. The summed E-state index contributed by atoms with van der Waals surface area (Å²) in [6.07, 6.45) is 1.04. The molecule has 0 spiro atoms. The van der Waals surface area contributed by atoms with Crippen molar-refractivity contribution in [3.8, 4) is 5.75 Å². The summed E-state index contributed by atoms with van der Waals surface area (Å²) in [5.41, 5.74) is 2.45. The Balaban J connectivity index is 2.22. The van der Waals surface area contributed by atoms with Crippen LogP contribution in [0.5, 0.6) is 5.75 Å². The van der Waals surface area contributed by atoms with Gasteiger partial charge in [-0.25, -0.2) is 0 Å². The summed E-state index contributed by atoms with van der Waals surface area (Å²) >= 11 is 0. The topological polar surface area (TPSA) is 24.5 Å². The first-order valence-electron chi connectivity index (χ1n) is 6.97. The summed E-state index contributed by atoms with van der Waals surface area (Å²) in [7, 11) is 0. The van der Waals surface area contributed by atoms with Crippen molar-refractivity contribution < 1.29 is 4.74 Å². The molecule has 0 aliphatic carbocycles. The molecule has 0 atom stereocenters. The first kappa shape index (κ1) is 13.1. The van der Waals surface area contributed by atoms with E-state index in [9.17, 15) is 0 Å².